The van der Waals surface area contributed by atoms with Crippen LogP contribution in [-0.4, -0.2) is 29.9 Å². The summed E-state index contributed by atoms with van der Waals surface area (Å²) in [4.78, 5) is 14.1. The Hall–Kier alpha value is -1.86. The molecule has 0 saturated carbocycles. The molecule has 108 valence electrons. The molecular weight excluding hydrogens is 250 g/mol. The highest BCUT2D eigenvalue weighted by atomic mass is 16.1. The molecule has 0 fully saturated rings. The molecule has 0 aliphatic heterocycles. The minimum atomic E-state index is -0.0635. The molecule has 20 heavy (non-hydrogen) atoms. The molecule has 0 saturated heterocycles. The first kappa shape index (κ1) is 16.2. The first-order chi connectivity index (χ1) is 9.40. The lowest BCUT2D eigenvalue weighted by Gasteiger charge is -2.34. The van der Waals surface area contributed by atoms with E-state index in [1.165, 1.54) is 0 Å². The van der Waals surface area contributed by atoms with E-state index in [9.17, 15) is 4.79 Å². The van der Waals surface area contributed by atoms with E-state index < -0.39 is 0 Å². The number of carbonyl (C=O) groups is 1. The van der Waals surface area contributed by atoms with Gasteiger partial charge in [0, 0.05) is 18.5 Å². The lowest BCUT2D eigenvalue weighted by molar-refractivity contribution is -0.116. The number of nitrogens with one attached hydrogen (secondary N) is 1. The Morgan fingerprint density at radius 3 is 2.65 bits per heavy atom. The van der Waals surface area contributed by atoms with Crippen LogP contribution < -0.4 is 5.32 Å². The third-order valence-electron chi connectivity index (χ3n) is 3.89. The molecule has 1 aromatic rings. The van der Waals surface area contributed by atoms with Crippen LogP contribution in [0.5, 0.6) is 0 Å². The van der Waals surface area contributed by atoms with E-state index in [4.69, 9.17) is 5.26 Å². The number of hydrogen-bond acceptors (Lipinski definition) is 3. The minimum absolute atomic E-state index is 0.0635. The Labute approximate surface area is 121 Å². The van der Waals surface area contributed by atoms with Gasteiger partial charge in [-0.3, -0.25) is 4.79 Å². The third kappa shape index (κ3) is 4.36. The molecular formula is C16H23N3O. The van der Waals surface area contributed by atoms with Gasteiger partial charge in [-0.25, -0.2) is 0 Å². The van der Waals surface area contributed by atoms with Crippen LogP contribution in [-0.2, 0) is 4.79 Å². The van der Waals surface area contributed by atoms with Crippen molar-refractivity contribution in [1.82, 2.24) is 4.90 Å². The molecule has 1 rings (SSSR count). The van der Waals surface area contributed by atoms with Crippen molar-refractivity contribution in [2.45, 2.75) is 39.2 Å². The predicted octanol–water partition coefficient (Wildman–Crippen LogP) is 3.01. The second kappa shape index (κ2) is 7.06. The molecule has 1 N–H and O–H groups in total. The maximum atomic E-state index is 12.0. The van der Waals surface area contributed by atoms with Crippen LogP contribution >= 0.6 is 0 Å². The fraction of sp³-hybridized carbons (Fsp3) is 0.500. The van der Waals surface area contributed by atoms with Crippen molar-refractivity contribution in [3.8, 4) is 6.07 Å². The summed E-state index contributed by atoms with van der Waals surface area (Å²) in [6.45, 7) is 7.16. The van der Waals surface area contributed by atoms with Gasteiger partial charge in [0.05, 0.1) is 11.3 Å². The summed E-state index contributed by atoms with van der Waals surface area (Å²) in [5.74, 6) is -0.0635. The minimum Gasteiger partial charge on any atom is -0.325 e. The van der Waals surface area contributed by atoms with Gasteiger partial charge >= 0.3 is 0 Å². The first-order valence-electron chi connectivity index (χ1n) is 6.91. The molecule has 0 aliphatic rings. The number of anilines is 1. The van der Waals surface area contributed by atoms with E-state index in [0.29, 0.717) is 24.2 Å². The number of nitrogens with zero attached hydrogens (tertiary/aromatic N) is 2. The largest absolute Gasteiger partial charge is 0.325 e. The summed E-state index contributed by atoms with van der Waals surface area (Å²) in [5.41, 5.74) is 1.16. The lowest BCUT2D eigenvalue weighted by atomic mass is 10.00. The fourth-order valence-electron chi connectivity index (χ4n) is 1.74. The van der Waals surface area contributed by atoms with Crippen LogP contribution in [0.25, 0.3) is 0 Å². The molecule has 1 amide bonds. The quantitative estimate of drug-likeness (QED) is 0.866. The Morgan fingerprint density at radius 2 is 2.05 bits per heavy atom. The fourth-order valence-corrected chi connectivity index (χ4v) is 1.74. The molecule has 0 heterocycles. The highest BCUT2D eigenvalue weighted by molar-refractivity contribution is 5.92. The Bertz CT molecular complexity index is 503. The number of amides is 1. The van der Waals surface area contributed by atoms with E-state index in [2.05, 4.69) is 37.1 Å². The number of carbonyl (C=O) groups excluding carboxylic acids is 1. The summed E-state index contributed by atoms with van der Waals surface area (Å²) in [5, 5.41) is 11.8. The zero-order chi connectivity index (χ0) is 15.2. The van der Waals surface area contributed by atoms with Gasteiger partial charge < -0.3 is 10.2 Å². The van der Waals surface area contributed by atoms with Crippen LogP contribution in [0.1, 0.15) is 39.2 Å². The van der Waals surface area contributed by atoms with E-state index in [1.54, 1.807) is 18.2 Å². The van der Waals surface area contributed by atoms with Gasteiger partial charge in [0.1, 0.15) is 6.07 Å². The van der Waals surface area contributed by atoms with Gasteiger partial charge in [0.25, 0.3) is 0 Å². The second-order valence-electron chi connectivity index (χ2n) is 5.54. The maximum absolute atomic E-state index is 12.0. The van der Waals surface area contributed by atoms with Gasteiger partial charge in [-0.15, -0.1) is 0 Å². The van der Waals surface area contributed by atoms with Crippen LogP contribution in [0, 0.1) is 11.3 Å². The second-order valence-corrected chi connectivity index (χ2v) is 5.54. The molecule has 0 bridgehead atoms. The number of hydrogen-bond donors (Lipinski definition) is 1. The van der Waals surface area contributed by atoms with E-state index >= 15 is 0 Å². The molecule has 0 aliphatic carbocycles. The van der Waals surface area contributed by atoms with Crippen LogP contribution in [0.15, 0.2) is 24.3 Å². The topological polar surface area (TPSA) is 56.1 Å². The van der Waals surface area contributed by atoms with Crippen molar-refractivity contribution >= 4 is 11.6 Å². The van der Waals surface area contributed by atoms with E-state index in [0.717, 1.165) is 6.42 Å². The Kier molecular flexibility index (Phi) is 5.72. The van der Waals surface area contributed by atoms with Gasteiger partial charge in [-0.05, 0) is 39.4 Å². The number of benzene rings is 1. The normalized spacial score (nSPS) is 11.2. The summed E-state index contributed by atoms with van der Waals surface area (Å²) in [7, 11) is 2.03. The zero-order valence-corrected chi connectivity index (χ0v) is 12.7. The maximum Gasteiger partial charge on any atom is 0.225 e. The van der Waals surface area contributed by atoms with Gasteiger partial charge in [0.15, 0.2) is 0 Å². The predicted molar refractivity (Wildman–Crippen MR) is 81.4 cm³/mol. The van der Waals surface area contributed by atoms with Crippen LogP contribution in [0.3, 0.4) is 0 Å². The highest BCUT2D eigenvalue weighted by Gasteiger charge is 2.21. The molecule has 1 aromatic carbocycles. The van der Waals surface area contributed by atoms with E-state index in [-0.39, 0.29) is 11.4 Å². The summed E-state index contributed by atoms with van der Waals surface area (Å²) in [6, 6.07) is 9.11. The molecule has 4 nitrogen and oxygen atoms in total. The summed E-state index contributed by atoms with van der Waals surface area (Å²) >= 11 is 0. The third-order valence-corrected chi connectivity index (χ3v) is 3.89. The average Bonchev–Trinajstić information content (AvgIpc) is 2.45. The standard InChI is InChI=1S/C16H23N3O/c1-5-16(2,3)19(4)11-10-15(20)18-14-9-7-6-8-13(14)12-17/h6-9H,5,10-11H2,1-4H3,(H,18,20). The number of nitriles is 1. The lowest BCUT2D eigenvalue weighted by Crippen LogP contribution is -2.41. The molecule has 0 aromatic heterocycles. The SMILES string of the molecule is CCC(C)(C)N(C)CCC(=O)Nc1ccccc1C#N. The van der Waals surface area contributed by atoms with Gasteiger partial charge in [0.2, 0.25) is 5.91 Å². The van der Waals surface area contributed by atoms with Crippen molar-refractivity contribution in [1.29, 1.82) is 5.26 Å². The highest BCUT2D eigenvalue weighted by Crippen LogP contribution is 2.17. The van der Waals surface area contributed by atoms with Crippen molar-refractivity contribution in [3.05, 3.63) is 29.8 Å². The molecule has 0 unspecified atom stereocenters. The zero-order valence-electron chi connectivity index (χ0n) is 12.7. The monoisotopic (exact) mass is 273 g/mol. The van der Waals surface area contributed by atoms with Gasteiger partial charge in [-0.2, -0.15) is 5.26 Å². The molecule has 0 spiro atoms. The molecule has 0 radical (unpaired) electrons. The Morgan fingerprint density at radius 1 is 1.40 bits per heavy atom. The average molecular weight is 273 g/mol. The Balaban J connectivity index is 2.55. The van der Waals surface area contributed by atoms with E-state index in [1.807, 2.05) is 13.1 Å². The van der Waals surface area contributed by atoms with Crippen molar-refractivity contribution in [3.63, 3.8) is 0 Å². The van der Waals surface area contributed by atoms with Crippen molar-refractivity contribution in [2.75, 3.05) is 18.9 Å². The first-order valence-corrected chi connectivity index (χ1v) is 6.91. The van der Waals surface area contributed by atoms with Crippen LogP contribution in [0.2, 0.25) is 0 Å². The number of para-hydroxylation sites is 1. The van der Waals surface area contributed by atoms with Gasteiger partial charge in [-0.1, -0.05) is 19.1 Å². The molecule has 0 atom stereocenters. The molecule has 4 heteroatoms. The summed E-state index contributed by atoms with van der Waals surface area (Å²) in [6.07, 6.45) is 1.45. The van der Waals surface area contributed by atoms with Crippen molar-refractivity contribution in [2.24, 2.45) is 0 Å². The smallest absolute Gasteiger partial charge is 0.225 e. The number of rotatable bonds is 6. The van der Waals surface area contributed by atoms with Crippen LogP contribution in [0.4, 0.5) is 5.69 Å². The van der Waals surface area contributed by atoms with Crippen molar-refractivity contribution < 1.29 is 4.79 Å². The summed E-state index contributed by atoms with van der Waals surface area (Å²) < 4.78 is 0.